The van der Waals surface area contributed by atoms with E-state index in [0.717, 1.165) is 25.7 Å². The topological polar surface area (TPSA) is 102 Å². The van der Waals surface area contributed by atoms with Crippen molar-refractivity contribution >= 4 is 34.5 Å². The number of nitrogens with zero attached hydrogens (tertiary/aromatic N) is 4. The van der Waals surface area contributed by atoms with Crippen molar-refractivity contribution in [1.29, 1.82) is 0 Å². The second-order valence-corrected chi connectivity index (χ2v) is 8.35. The number of aromatic amines is 1. The Balaban J connectivity index is 1.36. The third-order valence-corrected chi connectivity index (χ3v) is 5.86. The van der Waals surface area contributed by atoms with Gasteiger partial charge in [-0.25, -0.2) is 14.6 Å². The van der Waals surface area contributed by atoms with Crippen molar-refractivity contribution in [2.45, 2.75) is 37.8 Å². The zero-order chi connectivity index (χ0) is 22.4. The van der Waals surface area contributed by atoms with Gasteiger partial charge in [-0.15, -0.1) is 0 Å². The first-order valence-electron chi connectivity index (χ1n) is 10.4. The van der Waals surface area contributed by atoms with Crippen LogP contribution in [0.1, 0.15) is 43.6 Å². The highest BCUT2D eigenvalue weighted by Gasteiger charge is 2.34. The van der Waals surface area contributed by atoms with Crippen LogP contribution < -0.4 is 16.1 Å². The standard InChI is InChI=1S/C22H20ClN5O4/c1-26(16-6-3-2-5-15(16)23)22(31)32-12-4-7-17-24-18-19(25-17)27(13-8-9-13)21(30)28(20(18)29)14-10-11-14/h2-3,5-6,13-14H,8-12H2,1H3,(H,24,25). The summed E-state index contributed by atoms with van der Waals surface area (Å²) in [5.74, 6) is 5.74. The summed E-state index contributed by atoms with van der Waals surface area (Å²) in [6.45, 7) is -0.174. The van der Waals surface area contributed by atoms with Crippen LogP contribution in [0.3, 0.4) is 0 Å². The Morgan fingerprint density at radius 2 is 1.91 bits per heavy atom. The van der Waals surface area contributed by atoms with Crippen LogP contribution >= 0.6 is 11.6 Å². The van der Waals surface area contributed by atoms with Crippen LogP contribution in [0, 0.1) is 11.8 Å². The average molecular weight is 454 g/mol. The predicted molar refractivity (Wildman–Crippen MR) is 119 cm³/mol. The third kappa shape index (κ3) is 3.67. The van der Waals surface area contributed by atoms with Crippen LogP contribution in [0.4, 0.5) is 10.5 Å². The van der Waals surface area contributed by atoms with Crippen molar-refractivity contribution in [3.05, 3.63) is 56.0 Å². The van der Waals surface area contributed by atoms with E-state index in [1.165, 1.54) is 9.47 Å². The van der Waals surface area contributed by atoms with Gasteiger partial charge in [0.25, 0.3) is 5.56 Å². The average Bonchev–Trinajstić information content (AvgIpc) is 3.70. The van der Waals surface area contributed by atoms with Crippen LogP contribution in [-0.4, -0.2) is 38.8 Å². The lowest BCUT2D eigenvalue weighted by Gasteiger charge is -2.17. The van der Waals surface area contributed by atoms with Gasteiger partial charge < -0.3 is 9.72 Å². The predicted octanol–water partition coefficient (Wildman–Crippen LogP) is 2.83. The summed E-state index contributed by atoms with van der Waals surface area (Å²) in [4.78, 5) is 46.6. The summed E-state index contributed by atoms with van der Waals surface area (Å²) < 4.78 is 8.12. The normalized spacial score (nSPS) is 15.3. The first-order valence-corrected chi connectivity index (χ1v) is 10.7. The van der Waals surface area contributed by atoms with Gasteiger partial charge in [0.15, 0.2) is 23.6 Å². The molecule has 3 aromatic rings. The van der Waals surface area contributed by atoms with E-state index in [-0.39, 0.29) is 41.3 Å². The number of hydrogen-bond acceptors (Lipinski definition) is 5. The Morgan fingerprint density at radius 1 is 1.22 bits per heavy atom. The van der Waals surface area contributed by atoms with Crippen molar-refractivity contribution in [3.63, 3.8) is 0 Å². The van der Waals surface area contributed by atoms with Gasteiger partial charge in [-0.05, 0) is 43.7 Å². The molecule has 164 valence electrons. The molecule has 0 bridgehead atoms. The molecule has 1 aromatic carbocycles. The Hall–Kier alpha value is -3.51. The van der Waals surface area contributed by atoms with Crippen molar-refractivity contribution in [2.24, 2.45) is 0 Å². The van der Waals surface area contributed by atoms with Crippen LogP contribution in [0.25, 0.3) is 11.2 Å². The van der Waals surface area contributed by atoms with E-state index in [0.29, 0.717) is 16.4 Å². The quantitative estimate of drug-likeness (QED) is 0.612. The van der Waals surface area contributed by atoms with E-state index in [1.807, 2.05) is 0 Å². The molecule has 2 heterocycles. The molecule has 0 spiro atoms. The van der Waals surface area contributed by atoms with E-state index < -0.39 is 6.09 Å². The van der Waals surface area contributed by atoms with Crippen molar-refractivity contribution < 1.29 is 9.53 Å². The maximum atomic E-state index is 12.9. The molecule has 1 N–H and O–H groups in total. The van der Waals surface area contributed by atoms with E-state index in [1.54, 1.807) is 35.9 Å². The molecule has 2 aromatic heterocycles. The van der Waals surface area contributed by atoms with E-state index in [2.05, 4.69) is 21.8 Å². The Labute approximate surface area is 187 Å². The van der Waals surface area contributed by atoms with Gasteiger partial charge in [0.1, 0.15) is 0 Å². The highest BCUT2D eigenvalue weighted by atomic mass is 35.5. The molecule has 0 aliphatic heterocycles. The monoisotopic (exact) mass is 453 g/mol. The van der Waals surface area contributed by atoms with E-state index >= 15 is 0 Å². The van der Waals surface area contributed by atoms with Gasteiger partial charge in [0.2, 0.25) is 0 Å². The van der Waals surface area contributed by atoms with Gasteiger partial charge in [-0.2, -0.15) is 0 Å². The van der Waals surface area contributed by atoms with Gasteiger partial charge >= 0.3 is 11.8 Å². The zero-order valence-electron chi connectivity index (χ0n) is 17.3. The summed E-state index contributed by atoms with van der Waals surface area (Å²) in [5.41, 5.74) is 0.476. The summed E-state index contributed by atoms with van der Waals surface area (Å²) in [7, 11) is 1.55. The van der Waals surface area contributed by atoms with Gasteiger partial charge in [0, 0.05) is 19.1 Å². The molecule has 0 radical (unpaired) electrons. The number of carbonyl (C=O) groups excluding carboxylic acids is 1. The van der Waals surface area contributed by atoms with Crippen LogP contribution in [-0.2, 0) is 4.74 Å². The first-order chi connectivity index (χ1) is 15.5. The number of nitrogens with one attached hydrogen (secondary N) is 1. The molecule has 2 aliphatic carbocycles. The highest BCUT2D eigenvalue weighted by molar-refractivity contribution is 6.33. The molecule has 2 saturated carbocycles. The number of carbonyl (C=O) groups is 1. The number of H-pyrrole nitrogens is 1. The van der Waals surface area contributed by atoms with Crippen molar-refractivity contribution in [3.8, 4) is 11.8 Å². The summed E-state index contributed by atoms with van der Waals surface area (Å²) >= 11 is 6.10. The molecule has 5 rings (SSSR count). The molecule has 0 atom stereocenters. The largest absolute Gasteiger partial charge is 0.436 e. The third-order valence-electron chi connectivity index (χ3n) is 5.54. The SMILES string of the molecule is CN(C(=O)OCC#Cc1nc2c([nH]1)c(=O)n(C1CC1)c(=O)n2C1CC1)c1ccccc1Cl. The molecule has 0 unspecified atom stereocenters. The van der Waals surface area contributed by atoms with Gasteiger partial charge in [0.05, 0.1) is 10.7 Å². The number of hydrogen-bond donors (Lipinski definition) is 1. The van der Waals surface area contributed by atoms with Crippen LogP contribution in [0.2, 0.25) is 5.02 Å². The number of halogens is 1. The summed E-state index contributed by atoms with van der Waals surface area (Å²) in [6.07, 6.45) is 2.84. The fourth-order valence-electron chi connectivity index (χ4n) is 3.61. The molecule has 9 nitrogen and oxygen atoms in total. The van der Waals surface area contributed by atoms with Crippen molar-refractivity contribution in [1.82, 2.24) is 19.1 Å². The maximum absolute atomic E-state index is 12.9. The molecular formula is C22H20ClN5O4. The minimum atomic E-state index is -0.605. The number of benzene rings is 1. The number of fused-ring (bicyclic) bond motifs is 1. The van der Waals surface area contributed by atoms with Crippen LogP contribution in [0.5, 0.6) is 0 Å². The molecule has 1 amide bonds. The van der Waals surface area contributed by atoms with Crippen LogP contribution in [0.15, 0.2) is 33.9 Å². The van der Waals surface area contributed by atoms with Gasteiger partial charge in [-0.3, -0.25) is 18.8 Å². The lowest BCUT2D eigenvalue weighted by molar-refractivity contribution is 0.169. The Bertz CT molecular complexity index is 1400. The molecule has 2 aliphatic rings. The molecule has 0 saturated heterocycles. The van der Waals surface area contributed by atoms with E-state index in [9.17, 15) is 14.4 Å². The molecule has 2 fully saturated rings. The summed E-state index contributed by atoms with van der Waals surface area (Å²) in [5, 5.41) is 0.430. The summed E-state index contributed by atoms with van der Waals surface area (Å²) in [6, 6.07) is 6.96. The minimum absolute atomic E-state index is 0.0308. The molecular weight excluding hydrogens is 434 g/mol. The molecule has 10 heteroatoms. The fourth-order valence-corrected chi connectivity index (χ4v) is 3.88. The number of para-hydroxylation sites is 1. The lowest BCUT2D eigenvalue weighted by Crippen LogP contribution is -2.39. The number of ether oxygens (including phenoxy) is 1. The smallest absolute Gasteiger partial charge is 0.415 e. The van der Waals surface area contributed by atoms with E-state index in [4.69, 9.17) is 16.3 Å². The number of imidazole rings is 1. The van der Waals surface area contributed by atoms with Gasteiger partial charge in [-0.1, -0.05) is 29.7 Å². The number of amides is 1. The zero-order valence-corrected chi connectivity index (χ0v) is 18.1. The number of aromatic nitrogens is 4. The van der Waals surface area contributed by atoms with Crippen molar-refractivity contribution in [2.75, 3.05) is 18.6 Å². The highest BCUT2D eigenvalue weighted by Crippen LogP contribution is 2.36. The molecule has 32 heavy (non-hydrogen) atoms. The fraction of sp³-hybridized carbons (Fsp3) is 0.364. The first kappa shape index (κ1) is 20.4. The second kappa shape index (κ2) is 7.88. The Morgan fingerprint density at radius 3 is 2.59 bits per heavy atom. The number of anilines is 1. The lowest BCUT2D eigenvalue weighted by atomic mass is 10.3. The second-order valence-electron chi connectivity index (χ2n) is 7.94. The minimum Gasteiger partial charge on any atom is -0.436 e. The maximum Gasteiger partial charge on any atom is 0.415 e. The number of rotatable bonds is 4. The Kier molecular flexibility index (Phi) is 5.02.